The smallest absolute Gasteiger partial charge is 0.0823 e. The zero-order valence-corrected chi connectivity index (χ0v) is 5.00. The number of hydrogen-bond acceptors (Lipinski definition) is 2. The van der Waals surface area contributed by atoms with E-state index in [2.05, 4.69) is 0 Å². The quantitative estimate of drug-likeness (QED) is 0.502. The SMILES string of the molecule is [2H]C[C@H]1O[C@@H](C)C[C@@H]1O. The highest BCUT2D eigenvalue weighted by Gasteiger charge is 2.26. The number of hydrogen-bond donors (Lipinski definition) is 1. The van der Waals surface area contributed by atoms with Crippen molar-refractivity contribution in [1.29, 1.82) is 0 Å². The highest BCUT2D eigenvalue weighted by Crippen LogP contribution is 2.18. The van der Waals surface area contributed by atoms with Crippen LogP contribution in [-0.2, 0) is 4.74 Å². The summed E-state index contributed by atoms with van der Waals surface area (Å²) in [6, 6.07) is 0. The topological polar surface area (TPSA) is 29.5 Å². The van der Waals surface area contributed by atoms with E-state index in [9.17, 15) is 0 Å². The average molecular weight is 117 g/mol. The van der Waals surface area contributed by atoms with Gasteiger partial charge in [-0.25, -0.2) is 0 Å². The summed E-state index contributed by atoms with van der Waals surface area (Å²) < 4.78 is 12.1. The summed E-state index contributed by atoms with van der Waals surface area (Å²) in [5, 5.41) is 9.11. The molecule has 48 valence electrons. The van der Waals surface area contributed by atoms with Crippen molar-refractivity contribution >= 4 is 0 Å². The normalized spacial score (nSPS) is 49.2. The highest BCUT2D eigenvalue weighted by atomic mass is 16.5. The molecule has 3 atom stereocenters. The van der Waals surface area contributed by atoms with E-state index >= 15 is 0 Å². The Morgan fingerprint density at radius 2 is 2.62 bits per heavy atom. The molecule has 0 aromatic rings. The highest BCUT2D eigenvalue weighted by molar-refractivity contribution is 4.75. The molecule has 0 aromatic carbocycles. The molecule has 1 aliphatic heterocycles. The van der Waals surface area contributed by atoms with Crippen LogP contribution in [0.25, 0.3) is 0 Å². The van der Waals surface area contributed by atoms with Crippen molar-refractivity contribution in [3.63, 3.8) is 0 Å². The first kappa shape index (κ1) is 4.77. The van der Waals surface area contributed by atoms with E-state index in [0.717, 1.165) is 0 Å². The molecule has 0 radical (unpaired) electrons. The maximum atomic E-state index is 9.11. The summed E-state index contributed by atoms with van der Waals surface area (Å²) in [5.41, 5.74) is 0. The van der Waals surface area contributed by atoms with Gasteiger partial charge in [0, 0.05) is 7.79 Å². The Bertz CT molecular complexity index is 97.1. The van der Waals surface area contributed by atoms with Crippen LogP contribution >= 0.6 is 0 Å². The van der Waals surface area contributed by atoms with Gasteiger partial charge in [-0.05, 0) is 13.8 Å². The number of aliphatic hydroxyl groups excluding tert-OH is 1. The lowest BCUT2D eigenvalue weighted by Crippen LogP contribution is -2.15. The third-order valence-electron chi connectivity index (χ3n) is 1.41. The number of aliphatic hydroxyl groups is 1. The van der Waals surface area contributed by atoms with Gasteiger partial charge >= 0.3 is 0 Å². The molecule has 1 N–H and O–H groups in total. The van der Waals surface area contributed by atoms with Crippen LogP contribution in [0.15, 0.2) is 0 Å². The lowest BCUT2D eigenvalue weighted by molar-refractivity contribution is 0.0287. The molecule has 0 unspecified atom stereocenters. The molecule has 2 heteroatoms. The summed E-state index contributed by atoms with van der Waals surface area (Å²) in [6.07, 6.45) is 0.177. The summed E-state index contributed by atoms with van der Waals surface area (Å²) in [5.74, 6) is 0. The summed E-state index contributed by atoms with van der Waals surface area (Å²) in [7, 11) is 0. The van der Waals surface area contributed by atoms with E-state index in [1.54, 1.807) is 0 Å². The first-order chi connectivity index (χ1) is 4.24. The molecule has 0 bridgehead atoms. The molecule has 0 spiro atoms. The molecule has 1 fully saturated rings. The molecule has 0 aromatic heterocycles. The Balaban J connectivity index is 2.38. The average Bonchev–Trinajstić information content (AvgIpc) is 2.10. The van der Waals surface area contributed by atoms with Crippen LogP contribution in [0.3, 0.4) is 0 Å². The maximum absolute atomic E-state index is 9.11. The molecule has 0 aliphatic carbocycles. The van der Waals surface area contributed by atoms with Crippen LogP contribution in [0.5, 0.6) is 0 Å². The van der Waals surface area contributed by atoms with Gasteiger partial charge in [-0.1, -0.05) is 0 Å². The number of rotatable bonds is 0. The van der Waals surface area contributed by atoms with E-state index in [1.807, 2.05) is 6.92 Å². The first-order valence-corrected chi connectivity index (χ1v) is 2.87. The standard InChI is InChI=1S/C6H12O2/c1-4-3-6(7)5(2)8-4/h4-7H,3H2,1-2H3/t4-,5+,6-/m0/s1/i2D. The second kappa shape index (κ2) is 2.03. The minimum atomic E-state index is -0.405. The fraction of sp³-hybridized carbons (Fsp3) is 1.00. The molecule has 2 nitrogen and oxygen atoms in total. The maximum Gasteiger partial charge on any atom is 0.0823 e. The molecular weight excluding hydrogens is 104 g/mol. The van der Waals surface area contributed by atoms with Gasteiger partial charge < -0.3 is 9.84 Å². The van der Waals surface area contributed by atoms with Crippen molar-refractivity contribution in [2.75, 3.05) is 0 Å². The van der Waals surface area contributed by atoms with Gasteiger partial charge in [0.05, 0.1) is 18.3 Å². The molecule has 0 amide bonds. The van der Waals surface area contributed by atoms with Crippen LogP contribution in [-0.4, -0.2) is 23.4 Å². The molecule has 1 heterocycles. The van der Waals surface area contributed by atoms with Crippen molar-refractivity contribution in [2.45, 2.75) is 38.6 Å². The molecule has 1 aliphatic rings. The minimum absolute atomic E-state index is 0.135. The van der Waals surface area contributed by atoms with Crippen molar-refractivity contribution in [2.24, 2.45) is 0 Å². The van der Waals surface area contributed by atoms with Gasteiger partial charge in [0.1, 0.15) is 0 Å². The molecule has 0 saturated carbocycles. The Labute approximate surface area is 50.9 Å². The van der Waals surface area contributed by atoms with Crippen LogP contribution in [0.1, 0.15) is 21.6 Å². The van der Waals surface area contributed by atoms with Crippen molar-refractivity contribution in [1.82, 2.24) is 0 Å². The van der Waals surface area contributed by atoms with Crippen LogP contribution in [0.4, 0.5) is 0 Å². The zero-order valence-electron chi connectivity index (χ0n) is 6.00. The Morgan fingerprint density at radius 1 is 1.88 bits per heavy atom. The van der Waals surface area contributed by atoms with Gasteiger partial charge in [0.15, 0.2) is 0 Å². The second-order valence-corrected chi connectivity index (χ2v) is 2.29. The summed E-state index contributed by atoms with van der Waals surface area (Å²) in [4.78, 5) is 0. The van der Waals surface area contributed by atoms with E-state index in [-0.39, 0.29) is 19.1 Å². The third-order valence-corrected chi connectivity index (χ3v) is 1.41. The largest absolute Gasteiger partial charge is 0.390 e. The van der Waals surface area contributed by atoms with Gasteiger partial charge in [0.2, 0.25) is 0 Å². The van der Waals surface area contributed by atoms with Crippen molar-refractivity contribution in [3.05, 3.63) is 0 Å². The van der Waals surface area contributed by atoms with E-state index in [1.165, 1.54) is 0 Å². The monoisotopic (exact) mass is 117 g/mol. The predicted molar refractivity (Wildman–Crippen MR) is 30.6 cm³/mol. The Hall–Kier alpha value is -0.0800. The van der Waals surface area contributed by atoms with Gasteiger partial charge in [-0.15, -0.1) is 0 Å². The summed E-state index contributed by atoms with van der Waals surface area (Å²) >= 11 is 0. The van der Waals surface area contributed by atoms with Gasteiger partial charge in [-0.3, -0.25) is 0 Å². The minimum Gasteiger partial charge on any atom is -0.390 e. The van der Waals surface area contributed by atoms with Crippen molar-refractivity contribution in [3.8, 4) is 0 Å². The fourth-order valence-corrected chi connectivity index (χ4v) is 0.936. The second-order valence-electron chi connectivity index (χ2n) is 2.29. The van der Waals surface area contributed by atoms with Gasteiger partial charge in [0.25, 0.3) is 0 Å². The molecule has 1 saturated heterocycles. The Kier molecular flexibility index (Phi) is 1.21. The van der Waals surface area contributed by atoms with Gasteiger partial charge in [-0.2, -0.15) is 0 Å². The summed E-state index contributed by atoms with van der Waals surface area (Å²) in [6.45, 7) is 2.09. The lowest BCUT2D eigenvalue weighted by atomic mass is 10.2. The van der Waals surface area contributed by atoms with Crippen molar-refractivity contribution < 1.29 is 11.2 Å². The molecule has 8 heavy (non-hydrogen) atoms. The van der Waals surface area contributed by atoms with Crippen LogP contribution < -0.4 is 0 Å². The first-order valence-electron chi connectivity index (χ1n) is 3.57. The Morgan fingerprint density at radius 3 is 2.88 bits per heavy atom. The van der Waals surface area contributed by atoms with E-state index in [0.29, 0.717) is 6.42 Å². The molecular formula is C6H12O2. The van der Waals surface area contributed by atoms with Crippen LogP contribution in [0.2, 0.25) is 0 Å². The molecule has 1 rings (SSSR count). The fourth-order valence-electron chi connectivity index (χ4n) is 0.936. The lowest BCUT2D eigenvalue weighted by Gasteiger charge is -2.04. The third kappa shape index (κ3) is 1.01. The van der Waals surface area contributed by atoms with E-state index < -0.39 is 6.10 Å². The van der Waals surface area contributed by atoms with E-state index in [4.69, 9.17) is 11.2 Å². The van der Waals surface area contributed by atoms with Crippen LogP contribution in [0, 0.1) is 0 Å². The zero-order chi connectivity index (χ0) is 6.85. The number of ether oxygens (including phenoxy) is 1. The predicted octanol–water partition coefficient (Wildman–Crippen LogP) is 0.545.